The highest BCUT2D eigenvalue weighted by Crippen LogP contribution is 2.28. The van der Waals surface area contributed by atoms with Crippen LogP contribution in [0.5, 0.6) is 11.5 Å². The number of nitrogens with zero attached hydrogens (tertiary/aromatic N) is 5. The number of aryl methyl sites for hydroxylation is 1. The van der Waals surface area contributed by atoms with Gasteiger partial charge in [0.25, 0.3) is 0 Å². The first-order valence-corrected chi connectivity index (χ1v) is 10.9. The summed E-state index contributed by atoms with van der Waals surface area (Å²) in [5.74, 6) is 1.79. The van der Waals surface area contributed by atoms with E-state index in [1.165, 1.54) is 12.1 Å². The summed E-state index contributed by atoms with van der Waals surface area (Å²) in [6.45, 7) is 5.55. The van der Waals surface area contributed by atoms with Crippen LogP contribution >= 0.6 is 0 Å². The summed E-state index contributed by atoms with van der Waals surface area (Å²) in [7, 11) is 0. The van der Waals surface area contributed by atoms with Gasteiger partial charge in [-0.05, 0) is 73.7 Å². The largest absolute Gasteiger partial charge is 0.457 e. The van der Waals surface area contributed by atoms with Gasteiger partial charge in [0.15, 0.2) is 0 Å². The van der Waals surface area contributed by atoms with E-state index in [0.29, 0.717) is 11.5 Å². The fourth-order valence-corrected chi connectivity index (χ4v) is 3.93. The van der Waals surface area contributed by atoms with E-state index in [-0.39, 0.29) is 5.82 Å². The van der Waals surface area contributed by atoms with Gasteiger partial charge in [0.1, 0.15) is 17.3 Å². The normalized spacial score (nSPS) is 13.8. The predicted octanol–water partition coefficient (Wildman–Crippen LogP) is 5.11. The van der Waals surface area contributed by atoms with E-state index in [4.69, 9.17) is 9.72 Å². The number of rotatable bonds is 5. The SMILES string of the molecule is Cc1cc(N2CCN(c3ncccn3)CC2)cc(-c2ccc(Oc3ccc(F)cc3)cc2)n1. The molecule has 1 saturated heterocycles. The Morgan fingerprint density at radius 1 is 0.788 bits per heavy atom. The number of halogens is 1. The molecule has 2 aromatic carbocycles. The van der Waals surface area contributed by atoms with Crippen LogP contribution in [-0.2, 0) is 0 Å². The van der Waals surface area contributed by atoms with E-state index in [0.717, 1.165) is 54.8 Å². The van der Waals surface area contributed by atoms with Gasteiger partial charge in [-0.1, -0.05) is 0 Å². The Morgan fingerprint density at radius 2 is 1.39 bits per heavy atom. The maximum atomic E-state index is 13.1. The van der Waals surface area contributed by atoms with Crippen LogP contribution in [0.25, 0.3) is 11.3 Å². The van der Waals surface area contributed by atoms with Crippen LogP contribution in [0.15, 0.2) is 79.1 Å². The summed E-state index contributed by atoms with van der Waals surface area (Å²) < 4.78 is 18.9. The first kappa shape index (κ1) is 20.9. The lowest BCUT2D eigenvalue weighted by Crippen LogP contribution is -2.47. The van der Waals surface area contributed by atoms with Crippen molar-refractivity contribution in [3.8, 4) is 22.8 Å². The summed E-state index contributed by atoms with van der Waals surface area (Å²) in [6.07, 6.45) is 3.56. The Morgan fingerprint density at radius 3 is 2.06 bits per heavy atom. The second-order valence-corrected chi connectivity index (χ2v) is 7.96. The Kier molecular flexibility index (Phi) is 5.85. The van der Waals surface area contributed by atoms with Crippen LogP contribution in [0, 0.1) is 12.7 Å². The zero-order chi connectivity index (χ0) is 22.6. The fraction of sp³-hybridized carbons (Fsp3) is 0.192. The van der Waals surface area contributed by atoms with Gasteiger partial charge in [0, 0.05) is 55.5 Å². The molecule has 1 aliphatic rings. The number of hydrogen-bond acceptors (Lipinski definition) is 6. The fourth-order valence-electron chi connectivity index (χ4n) is 3.93. The molecule has 0 saturated carbocycles. The lowest BCUT2D eigenvalue weighted by atomic mass is 10.1. The summed E-state index contributed by atoms with van der Waals surface area (Å²) in [6, 6.07) is 19.9. The van der Waals surface area contributed by atoms with Crippen molar-refractivity contribution in [2.45, 2.75) is 6.92 Å². The first-order chi connectivity index (χ1) is 16.1. The highest BCUT2D eigenvalue weighted by atomic mass is 19.1. The Labute approximate surface area is 192 Å². The van der Waals surface area contributed by atoms with E-state index >= 15 is 0 Å². The third-order valence-corrected chi connectivity index (χ3v) is 5.62. The van der Waals surface area contributed by atoms with Gasteiger partial charge in [0.05, 0.1) is 5.69 Å². The number of anilines is 2. The Hall–Kier alpha value is -4.00. The predicted molar refractivity (Wildman–Crippen MR) is 127 cm³/mol. The summed E-state index contributed by atoms with van der Waals surface area (Å²) >= 11 is 0. The molecule has 7 heteroatoms. The Bertz CT molecular complexity index is 1210. The van der Waals surface area contributed by atoms with E-state index in [1.807, 2.05) is 37.3 Å². The highest BCUT2D eigenvalue weighted by Gasteiger charge is 2.20. The molecule has 0 aliphatic carbocycles. The summed E-state index contributed by atoms with van der Waals surface area (Å²) in [5.41, 5.74) is 4.08. The van der Waals surface area contributed by atoms with E-state index in [1.54, 1.807) is 24.5 Å². The standard InChI is InChI=1S/C26H24FN5O/c1-19-17-22(31-13-15-32(16-14-31)26-28-11-2-12-29-26)18-25(30-19)20-3-7-23(8-4-20)33-24-9-5-21(27)6-10-24/h2-12,17-18H,13-16H2,1H3. The highest BCUT2D eigenvalue weighted by molar-refractivity contribution is 5.66. The molecular formula is C26H24FN5O. The second-order valence-electron chi connectivity index (χ2n) is 7.96. The third-order valence-electron chi connectivity index (χ3n) is 5.62. The van der Waals surface area contributed by atoms with Crippen molar-refractivity contribution in [1.29, 1.82) is 0 Å². The van der Waals surface area contributed by atoms with Crippen LogP contribution in [0.1, 0.15) is 5.69 Å². The van der Waals surface area contributed by atoms with Crippen LogP contribution in [0.3, 0.4) is 0 Å². The van der Waals surface area contributed by atoms with Crippen molar-refractivity contribution in [2.75, 3.05) is 36.0 Å². The minimum absolute atomic E-state index is 0.283. The monoisotopic (exact) mass is 441 g/mol. The molecule has 33 heavy (non-hydrogen) atoms. The molecule has 166 valence electrons. The minimum atomic E-state index is -0.283. The molecule has 0 spiro atoms. The number of hydrogen-bond donors (Lipinski definition) is 0. The van der Waals surface area contributed by atoms with Crippen molar-refractivity contribution >= 4 is 11.6 Å². The van der Waals surface area contributed by atoms with E-state index in [9.17, 15) is 4.39 Å². The molecule has 4 aromatic rings. The summed E-state index contributed by atoms with van der Waals surface area (Å²) in [5, 5.41) is 0. The molecule has 1 aliphatic heterocycles. The van der Waals surface area contributed by atoms with Crippen molar-refractivity contribution < 1.29 is 9.13 Å². The maximum Gasteiger partial charge on any atom is 0.225 e. The molecule has 0 N–H and O–H groups in total. The molecule has 0 atom stereocenters. The first-order valence-electron chi connectivity index (χ1n) is 10.9. The van der Waals surface area contributed by atoms with E-state index in [2.05, 4.69) is 31.9 Å². The van der Waals surface area contributed by atoms with Gasteiger partial charge < -0.3 is 14.5 Å². The molecular weight excluding hydrogens is 417 g/mol. The van der Waals surface area contributed by atoms with Crippen LogP contribution < -0.4 is 14.5 Å². The molecule has 0 amide bonds. The smallest absolute Gasteiger partial charge is 0.225 e. The number of ether oxygens (including phenoxy) is 1. The third kappa shape index (κ3) is 4.92. The maximum absolute atomic E-state index is 13.1. The zero-order valence-electron chi connectivity index (χ0n) is 18.4. The topological polar surface area (TPSA) is 54.4 Å². The molecule has 1 fully saturated rings. The number of pyridine rings is 1. The van der Waals surface area contributed by atoms with E-state index < -0.39 is 0 Å². The number of benzene rings is 2. The molecule has 0 unspecified atom stereocenters. The lowest BCUT2D eigenvalue weighted by molar-refractivity contribution is 0.480. The van der Waals surface area contributed by atoms with Gasteiger partial charge in [-0.2, -0.15) is 0 Å². The summed E-state index contributed by atoms with van der Waals surface area (Å²) in [4.78, 5) is 18.1. The average molecular weight is 442 g/mol. The van der Waals surface area contributed by atoms with Gasteiger partial charge in [-0.15, -0.1) is 0 Å². The second kappa shape index (κ2) is 9.24. The van der Waals surface area contributed by atoms with Crippen LogP contribution in [-0.4, -0.2) is 41.1 Å². The molecule has 5 rings (SSSR count). The van der Waals surface area contributed by atoms with Crippen molar-refractivity contribution in [3.05, 3.63) is 90.6 Å². The molecule has 0 bridgehead atoms. The van der Waals surface area contributed by atoms with Crippen LogP contribution in [0.4, 0.5) is 16.0 Å². The van der Waals surface area contributed by atoms with Crippen molar-refractivity contribution in [2.24, 2.45) is 0 Å². The average Bonchev–Trinajstić information content (AvgIpc) is 2.86. The molecule has 6 nitrogen and oxygen atoms in total. The van der Waals surface area contributed by atoms with Gasteiger partial charge in [0.2, 0.25) is 5.95 Å². The molecule has 2 aromatic heterocycles. The quantitative estimate of drug-likeness (QED) is 0.429. The number of aromatic nitrogens is 3. The van der Waals surface area contributed by atoms with Gasteiger partial charge >= 0.3 is 0 Å². The van der Waals surface area contributed by atoms with Crippen molar-refractivity contribution in [1.82, 2.24) is 15.0 Å². The van der Waals surface area contributed by atoms with Gasteiger partial charge in [-0.25, -0.2) is 14.4 Å². The van der Waals surface area contributed by atoms with Crippen LogP contribution in [0.2, 0.25) is 0 Å². The lowest BCUT2D eigenvalue weighted by Gasteiger charge is -2.36. The molecule has 3 heterocycles. The minimum Gasteiger partial charge on any atom is -0.457 e. The number of piperazine rings is 1. The molecule has 0 radical (unpaired) electrons. The van der Waals surface area contributed by atoms with Gasteiger partial charge in [-0.3, -0.25) is 4.98 Å². The Balaban J connectivity index is 1.29. The zero-order valence-corrected chi connectivity index (χ0v) is 18.4. The van der Waals surface area contributed by atoms with Crippen molar-refractivity contribution in [3.63, 3.8) is 0 Å².